The second-order valence-corrected chi connectivity index (χ2v) is 9.31. The quantitative estimate of drug-likeness (QED) is 0.289. The van der Waals surface area contributed by atoms with E-state index in [1.807, 2.05) is 42.1 Å². The molecule has 1 saturated carbocycles. The molecule has 0 amide bonds. The van der Waals surface area contributed by atoms with Gasteiger partial charge in [0, 0.05) is 24.7 Å². The molecule has 0 radical (unpaired) electrons. The maximum Gasteiger partial charge on any atom is 0.151 e. The van der Waals surface area contributed by atoms with Crippen molar-refractivity contribution in [2.75, 3.05) is 7.11 Å². The van der Waals surface area contributed by atoms with E-state index in [1.165, 1.54) is 25.0 Å². The standard InChI is InChI=1S/C26H27ClFN5O2/c1-17(35-16-19-5-8-23(34-2)9-6-19)24-11-20(28)7-10-25(24)33-22(13-26(27)30-33)12-21-15-32(31-29-21)14-18-3-4-18/h5-11,13,15,17-18H,3-4,12,14,16H2,1-2H3/t17-/m1/s1. The number of aromatic nitrogens is 5. The number of hydrogen-bond donors (Lipinski definition) is 0. The summed E-state index contributed by atoms with van der Waals surface area (Å²) < 4.78 is 29.2. The van der Waals surface area contributed by atoms with Gasteiger partial charge in [-0.15, -0.1) is 5.10 Å². The van der Waals surface area contributed by atoms with Crippen LogP contribution in [0.25, 0.3) is 5.69 Å². The van der Waals surface area contributed by atoms with Gasteiger partial charge in [0.15, 0.2) is 5.15 Å². The molecule has 7 nitrogen and oxygen atoms in total. The van der Waals surface area contributed by atoms with Crippen LogP contribution in [0.5, 0.6) is 5.75 Å². The molecule has 4 aromatic rings. The lowest BCUT2D eigenvalue weighted by Gasteiger charge is -2.19. The molecule has 2 aromatic carbocycles. The number of nitrogens with zero attached hydrogens (tertiary/aromatic N) is 5. The topological polar surface area (TPSA) is 67.0 Å². The molecule has 1 aliphatic carbocycles. The largest absolute Gasteiger partial charge is 0.497 e. The Morgan fingerprint density at radius 1 is 1.14 bits per heavy atom. The normalized spacial score (nSPS) is 14.3. The van der Waals surface area contributed by atoms with Crippen molar-refractivity contribution in [3.8, 4) is 11.4 Å². The van der Waals surface area contributed by atoms with Gasteiger partial charge < -0.3 is 9.47 Å². The van der Waals surface area contributed by atoms with Crippen LogP contribution in [-0.2, 0) is 24.3 Å². The highest BCUT2D eigenvalue weighted by molar-refractivity contribution is 6.29. The van der Waals surface area contributed by atoms with Crippen LogP contribution in [0.15, 0.2) is 54.7 Å². The molecule has 2 heterocycles. The van der Waals surface area contributed by atoms with Gasteiger partial charge in [-0.25, -0.2) is 9.07 Å². The van der Waals surface area contributed by atoms with Crippen molar-refractivity contribution in [3.63, 3.8) is 0 Å². The van der Waals surface area contributed by atoms with E-state index in [2.05, 4.69) is 15.4 Å². The van der Waals surface area contributed by atoms with Gasteiger partial charge in [-0.3, -0.25) is 4.68 Å². The fraction of sp³-hybridized carbons (Fsp3) is 0.346. The van der Waals surface area contributed by atoms with Gasteiger partial charge in [0.1, 0.15) is 11.6 Å². The van der Waals surface area contributed by atoms with Gasteiger partial charge in [0.2, 0.25) is 0 Å². The first-order chi connectivity index (χ1) is 17.0. The van der Waals surface area contributed by atoms with E-state index in [-0.39, 0.29) is 5.82 Å². The lowest BCUT2D eigenvalue weighted by Crippen LogP contribution is -2.10. The van der Waals surface area contributed by atoms with Gasteiger partial charge >= 0.3 is 0 Å². The first-order valence-corrected chi connectivity index (χ1v) is 12.0. The van der Waals surface area contributed by atoms with Crippen LogP contribution in [0.4, 0.5) is 4.39 Å². The minimum atomic E-state index is -0.391. The van der Waals surface area contributed by atoms with Gasteiger partial charge in [-0.2, -0.15) is 5.10 Å². The molecule has 0 spiro atoms. The molecule has 0 saturated heterocycles. The van der Waals surface area contributed by atoms with Gasteiger partial charge in [0.05, 0.1) is 36.9 Å². The summed E-state index contributed by atoms with van der Waals surface area (Å²) in [7, 11) is 1.63. The Morgan fingerprint density at radius 2 is 1.94 bits per heavy atom. The van der Waals surface area contributed by atoms with Crippen molar-refractivity contribution in [1.82, 2.24) is 24.8 Å². The molecule has 0 bridgehead atoms. The van der Waals surface area contributed by atoms with Crippen LogP contribution in [-0.4, -0.2) is 31.9 Å². The number of methoxy groups -OCH3 is 1. The van der Waals surface area contributed by atoms with Crippen LogP contribution < -0.4 is 4.74 Å². The van der Waals surface area contributed by atoms with Crippen LogP contribution in [0.2, 0.25) is 5.15 Å². The fourth-order valence-corrected chi connectivity index (χ4v) is 4.26. The Hall–Kier alpha value is -3.23. The van der Waals surface area contributed by atoms with E-state index in [1.54, 1.807) is 23.9 Å². The third kappa shape index (κ3) is 5.71. The summed E-state index contributed by atoms with van der Waals surface area (Å²) >= 11 is 6.30. The summed E-state index contributed by atoms with van der Waals surface area (Å²) in [6.45, 7) is 3.17. The Morgan fingerprint density at radius 3 is 2.69 bits per heavy atom. The number of benzene rings is 2. The molecule has 1 aliphatic rings. The van der Waals surface area contributed by atoms with Gasteiger partial charge in [0.25, 0.3) is 0 Å². The van der Waals surface area contributed by atoms with E-state index in [4.69, 9.17) is 21.1 Å². The second kappa shape index (κ2) is 10.2. The molecule has 9 heteroatoms. The average Bonchev–Trinajstić information content (AvgIpc) is 3.45. The summed E-state index contributed by atoms with van der Waals surface area (Å²) in [4.78, 5) is 0. The van der Waals surface area contributed by atoms with E-state index in [9.17, 15) is 4.39 Å². The molecule has 0 aliphatic heterocycles. The first-order valence-electron chi connectivity index (χ1n) is 11.7. The molecule has 182 valence electrons. The minimum Gasteiger partial charge on any atom is -0.497 e. The summed E-state index contributed by atoms with van der Waals surface area (Å²) in [6.07, 6.45) is 4.59. The van der Waals surface area contributed by atoms with Crippen LogP contribution >= 0.6 is 11.6 Å². The van der Waals surface area contributed by atoms with Crippen molar-refractivity contribution in [2.45, 2.75) is 45.4 Å². The zero-order valence-corrected chi connectivity index (χ0v) is 20.5. The number of halogens is 2. The van der Waals surface area contributed by atoms with Crippen molar-refractivity contribution >= 4 is 11.6 Å². The predicted molar refractivity (Wildman–Crippen MR) is 130 cm³/mol. The average molecular weight is 496 g/mol. The highest BCUT2D eigenvalue weighted by Crippen LogP contribution is 2.31. The maximum absolute atomic E-state index is 14.3. The molecule has 5 rings (SSSR count). The summed E-state index contributed by atoms with van der Waals surface area (Å²) in [6, 6.07) is 14.1. The van der Waals surface area contributed by atoms with Crippen LogP contribution in [0, 0.1) is 11.7 Å². The molecule has 35 heavy (non-hydrogen) atoms. The Balaban J connectivity index is 1.37. The molecule has 1 fully saturated rings. The van der Waals surface area contributed by atoms with Gasteiger partial charge in [-0.1, -0.05) is 28.9 Å². The fourth-order valence-electron chi connectivity index (χ4n) is 4.06. The lowest BCUT2D eigenvalue weighted by atomic mass is 10.1. The Bertz CT molecular complexity index is 1300. The van der Waals surface area contributed by atoms with Crippen molar-refractivity contribution in [3.05, 3.63) is 88.2 Å². The summed E-state index contributed by atoms with van der Waals surface area (Å²) in [5.41, 5.74) is 4.05. The van der Waals surface area contributed by atoms with E-state index >= 15 is 0 Å². The minimum absolute atomic E-state index is 0.341. The van der Waals surface area contributed by atoms with Gasteiger partial charge in [-0.05, 0) is 67.6 Å². The molecular formula is C26H27ClFN5O2. The van der Waals surface area contributed by atoms with E-state index < -0.39 is 6.10 Å². The highest BCUT2D eigenvalue weighted by atomic mass is 35.5. The monoisotopic (exact) mass is 495 g/mol. The SMILES string of the molecule is COc1ccc(CO[C@H](C)c2cc(F)ccc2-n2nc(Cl)cc2Cc2cn(CC3CC3)nn2)cc1. The Kier molecular flexibility index (Phi) is 6.83. The Labute approximate surface area is 208 Å². The van der Waals surface area contributed by atoms with Crippen molar-refractivity contribution < 1.29 is 13.9 Å². The second-order valence-electron chi connectivity index (χ2n) is 8.93. The van der Waals surface area contributed by atoms with E-state index in [0.717, 1.165) is 29.2 Å². The third-order valence-electron chi connectivity index (χ3n) is 6.16. The smallest absolute Gasteiger partial charge is 0.151 e. The third-order valence-corrected chi connectivity index (χ3v) is 6.34. The van der Waals surface area contributed by atoms with E-state index in [0.29, 0.717) is 35.3 Å². The highest BCUT2D eigenvalue weighted by Gasteiger charge is 2.23. The van der Waals surface area contributed by atoms with Crippen molar-refractivity contribution in [1.29, 1.82) is 0 Å². The molecular weight excluding hydrogens is 469 g/mol. The predicted octanol–water partition coefficient (Wildman–Crippen LogP) is 5.54. The van der Waals surface area contributed by atoms with Crippen LogP contribution in [0.1, 0.15) is 48.4 Å². The van der Waals surface area contributed by atoms with Crippen LogP contribution in [0.3, 0.4) is 0 Å². The zero-order valence-electron chi connectivity index (χ0n) is 19.7. The lowest BCUT2D eigenvalue weighted by molar-refractivity contribution is 0.0522. The molecule has 0 N–H and O–H groups in total. The summed E-state index contributed by atoms with van der Waals surface area (Å²) in [5, 5.41) is 13.4. The first kappa shape index (κ1) is 23.5. The molecule has 2 aromatic heterocycles. The summed E-state index contributed by atoms with van der Waals surface area (Å²) in [5.74, 6) is 1.15. The number of rotatable bonds is 10. The zero-order chi connectivity index (χ0) is 24.4. The molecule has 0 unspecified atom stereocenters. The van der Waals surface area contributed by atoms with Crippen molar-refractivity contribution in [2.24, 2.45) is 5.92 Å². The maximum atomic E-state index is 14.3. The molecule has 1 atom stereocenters. The number of ether oxygens (including phenoxy) is 2. The number of hydrogen-bond acceptors (Lipinski definition) is 5.